The van der Waals surface area contributed by atoms with Crippen LogP contribution in [0.4, 0.5) is 0 Å². The van der Waals surface area contributed by atoms with Gasteiger partial charge in [0.05, 0.1) is 0 Å². The number of aromatic amines is 1. The average molecular weight is 260 g/mol. The highest BCUT2D eigenvalue weighted by Crippen LogP contribution is 2.15. The van der Waals surface area contributed by atoms with E-state index in [2.05, 4.69) is 15.5 Å². The highest BCUT2D eigenvalue weighted by atomic mass is 32.2. The van der Waals surface area contributed by atoms with Crippen molar-refractivity contribution in [3.8, 4) is 0 Å². The summed E-state index contributed by atoms with van der Waals surface area (Å²) >= 11 is 1.53. The Kier molecular flexibility index (Phi) is 6.31. The lowest BCUT2D eigenvalue weighted by molar-refractivity contribution is 0.271. The average Bonchev–Trinajstić information content (AvgIpc) is 2.67. The normalized spacial score (nSPS) is 12.9. The van der Waals surface area contributed by atoms with Gasteiger partial charge in [-0.25, -0.2) is 9.89 Å². The van der Waals surface area contributed by atoms with Crippen LogP contribution in [0.3, 0.4) is 0 Å². The summed E-state index contributed by atoms with van der Waals surface area (Å²) in [6.45, 7) is 5.59. The van der Waals surface area contributed by atoms with Crippen LogP contribution >= 0.6 is 11.8 Å². The summed E-state index contributed by atoms with van der Waals surface area (Å²) in [6.07, 6.45) is 0.710. The Morgan fingerprint density at radius 2 is 2.35 bits per heavy atom. The molecule has 17 heavy (non-hydrogen) atoms. The van der Waals surface area contributed by atoms with Crippen molar-refractivity contribution in [2.75, 3.05) is 18.9 Å². The molecule has 98 valence electrons. The summed E-state index contributed by atoms with van der Waals surface area (Å²) in [5, 5.41) is 19.4. The standard InChI is InChI=1S/C10H20N4O2S/c1-3-11-8(5-6-15)7-17-10-13-12-9(16)14(10)4-2/h8,11,15H,3-7H2,1-2H3,(H,12,16). The molecule has 3 N–H and O–H groups in total. The fourth-order valence-corrected chi connectivity index (χ4v) is 2.67. The molecule has 0 saturated carbocycles. The molecule has 1 heterocycles. The lowest BCUT2D eigenvalue weighted by Gasteiger charge is -2.15. The monoisotopic (exact) mass is 260 g/mol. The van der Waals surface area contributed by atoms with Crippen molar-refractivity contribution in [3.05, 3.63) is 10.5 Å². The van der Waals surface area contributed by atoms with Crippen LogP contribution < -0.4 is 11.0 Å². The summed E-state index contributed by atoms with van der Waals surface area (Å²) in [4.78, 5) is 11.3. The number of H-pyrrole nitrogens is 1. The van der Waals surface area contributed by atoms with E-state index in [1.807, 2.05) is 13.8 Å². The van der Waals surface area contributed by atoms with Crippen molar-refractivity contribution in [1.29, 1.82) is 0 Å². The molecule has 0 bridgehead atoms. The third kappa shape index (κ3) is 4.18. The fourth-order valence-electron chi connectivity index (χ4n) is 1.56. The van der Waals surface area contributed by atoms with Gasteiger partial charge in [0.2, 0.25) is 0 Å². The van der Waals surface area contributed by atoms with Crippen LogP contribution in [0.5, 0.6) is 0 Å². The summed E-state index contributed by atoms with van der Waals surface area (Å²) in [5.74, 6) is 0.790. The van der Waals surface area contributed by atoms with Gasteiger partial charge in [-0.3, -0.25) is 4.57 Å². The molecule has 0 saturated heterocycles. The molecule has 7 heteroatoms. The van der Waals surface area contributed by atoms with E-state index < -0.39 is 0 Å². The van der Waals surface area contributed by atoms with E-state index in [0.717, 1.165) is 12.3 Å². The topological polar surface area (TPSA) is 82.9 Å². The quantitative estimate of drug-likeness (QED) is 0.575. The zero-order valence-electron chi connectivity index (χ0n) is 10.3. The third-order valence-electron chi connectivity index (χ3n) is 2.42. The zero-order valence-corrected chi connectivity index (χ0v) is 11.1. The zero-order chi connectivity index (χ0) is 12.7. The Bertz CT molecular complexity index is 371. The Labute approximate surface area is 105 Å². The number of aliphatic hydroxyl groups is 1. The molecule has 0 aliphatic rings. The van der Waals surface area contributed by atoms with Crippen LogP contribution in [0.15, 0.2) is 9.95 Å². The van der Waals surface area contributed by atoms with Gasteiger partial charge < -0.3 is 10.4 Å². The molecular weight excluding hydrogens is 240 g/mol. The van der Waals surface area contributed by atoms with Crippen molar-refractivity contribution in [1.82, 2.24) is 20.1 Å². The molecule has 0 aromatic carbocycles. The highest BCUT2D eigenvalue weighted by Gasteiger charge is 2.11. The molecule has 1 atom stereocenters. The van der Waals surface area contributed by atoms with Gasteiger partial charge in [-0.1, -0.05) is 18.7 Å². The van der Waals surface area contributed by atoms with Crippen LogP contribution in [-0.4, -0.2) is 44.8 Å². The SMILES string of the molecule is CCNC(CCO)CSc1n[nH]c(=O)n1CC. The maximum Gasteiger partial charge on any atom is 0.343 e. The van der Waals surface area contributed by atoms with E-state index in [-0.39, 0.29) is 18.3 Å². The maximum absolute atomic E-state index is 11.3. The number of rotatable bonds is 8. The lowest BCUT2D eigenvalue weighted by atomic mass is 10.2. The van der Waals surface area contributed by atoms with Gasteiger partial charge in [0.15, 0.2) is 5.16 Å². The molecule has 0 radical (unpaired) electrons. The Morgan fingerprint density at radius 1 is 1.59 bits per heavy atom. The first-order valence-corrected chi connectivity index (χ1v) is 6.83. The predicted molar refractivity (Wildman–Crippen MR) is 68.4 cm³/mol. The molecule has 1 aromatic rings. The molecule has 1 unspecified atom stereocenters. The van der Waals surface area contributed by atoms with Crippen molar-refractivity contribution in [3.63, 3.8) is 0 Å². The Balaban J connectivity index is 2.55. The predicted octanol–water partition coefficient (Wildman–Crippen LogP) is 0.0439. The van der Waals surface area contributed by atoms with E-state index >= 15 is 0 Å². The largest absolute Gasteiger partial charge is 0.396 e. The van der Waals surface area contributed by atoms with Crippen LogP contribution in [0.1, 0.15) is 20.3 Å². The second-order valence-corrected chi connectivity index (χ2v) is 4.62. The van der Waals surface area contributed by atoms with Crippen molar-refractivity contribution >= 4 is 11.8 Å². The van der Waals surface area contributed by atoms with Gasteiger partial charge >= 0.3 is 5.69 Å². The smallest absolute Gasteiger partial charge is 0.343 e. The van der Waals surface area contributed by atoms with Gasteiger partial charge in [0.25, 0.3) is 0 Å². The number of aromatic nitrogens is 3. The second kappa shape index (κ2) is 7.52. The molecule has 0 amide bonds. The Hall–Kier alpha value is -0.790. The minimum atomic E-state index is -0.169. The summed E-state index contributed by atoms with van der Waals surface area (Å²) in [6, 6.07) is 0.243. The minimum absolute atomic E-state index is 0.166. The van der Waals surface area contributed by atoms with Crippen molar-refractivity contribution in [2.24, 2.45) is 0 Å². The summed E-state index contributed by atoms with van der Waals surface area (Å²) in [7, 11) is 0. The highest BCUT2D eigenvalue weighted by molar-refractivity contribution is 7.99. The number of hydrogen-bond acceptors (Lipinski definition) is 5. The van der Waals surface area contributed by atoms with E-state index in [4.69, 9.17) is 5.11 Å². The van der Waals surface area contributed by atoms with Crippen LogP contribution in [0, 0.1) is 0 Å². The molecule has 6 nitrogen and oxygen atoms in total. The number of aliphatic hydroxyl groups excluding tert-OH is 1. The molecule has 0 aliphatic heterocycles. The van der Waals surface area contributed by atoms with E-state index in [0.29, 0.717) is 18.1 Å². The van der Waals surface area contributed by atoms with Crippen molar-refractivity contribution < 1.29 is 5.11 Å². The maximum atomic E-state index is 11.3. The first-order chi connectivity index (χ1) is 8.22. The van der Waals surface area contributed by atoms with Crippen LogP contribution in [0.25, 0.3) is 0 Å². The fraction of sp³-hybridized carbons (Fsp3) is 0.800. The molecule has 0 aliphatic carbocycles. The van der Waals surface area contributed by atoms with E-state index in [1.165, 1.54) is 11.8 Å². The molecule has 0 spiro atoms. The minimum Gasteiger partial charge on any atom is -0.396 e. The first kappa shape index (κ1) is 14.3. The van der Waals surface area contributed by atoms with Crippen LogP contribution in [0.2, 0.25) is 0 Å². The summed E-state index contributed by atoms with van der Waals surface area (Å²) in [5.41, 5.74) is -0.169. The molecule has 0 fully saturated rings. The van der Waals surface area contributed by atoms with Gasteiger partial charge in [-0.05, 0) is 19.9 Å². The van der Waals surface area contributed by atoms with Gasteiger partial charge in [-0.15, -0.1) is 5.10 Å². The number of nitrogens with zero attached hydrogens (tertiary/aromatic N) is 2. The Morgan fingerprint density at radius 3 is 2.94 bits per heavy atom. The van der Waals surface area contributed by atoms with Crippen LogP contribution in [-0.2, 0) is 6.54 Å². The number of nitrogens with one attached hydrogen (secondary N) is 2. The van der Waals surface area contributed by atoms with E-state index in [1.54, 1.807) is 4.57 Å². The molecule has 1 aromatic heterocycles. The lowest BCUT2D eigenvalue weighted by Crippen LogP contribution is -2.32. The number of hydrogen-bond donors (Lipinski definition) is 3. The van der Waals surface area contributed by atoms with Gasteiger partial charge in [-0.2, -0.15) is 0 Å². The first-order valence-electron chi connectivity index (χ1n) is 5.85. The molecular formula is C10H20N4O2S. The second-order valence-electron chi connectivity index (χ2n) is 3.63. The van der Waals surface area contributed by atoms with Gasteiger partial charge in [0, 0.05) is 24.9 Å². The molecule has 1 rings (SSSR count). The van der Waals surface area contributed by atoms with E-state index in [9.17, 15) is 4.79 Å². The number of thioether (sulfide) groups is 1. The van der Waals surface area contributed by atoms with Crippen molar-refractivity contribution in [2.45, 2.75) is 38.0 Å². The third-order valence-corrected chi connectivity index (χ3v) is 3.56. The summed E-state index contributed by atoms with van der Waals surface area (Å²) < 4.78 is 1.60. The van der Waals surface area contributed by atoms with Gasteiger partial charge in [0.1, 0.15) is 0 Å².